The fourth-order valence-electron chi connectivity index (χ4n) is 2.31. The van der Waals surface area contributed by atoms with Crippen LogP contribution in [-0.4, -0.2) is 20.4 Å². The average molecular weight is 315 g/mol. The quantitative estimate of drug-likeness (QED) is 0.777. The number of aromatic amines is 1. The van der Waals surface area contributed by atoms with Gasteiger partial charge >= 0.3 is 0 Å². The van der Waals surface area contributed by atoms with Gasteiger partial charge in [0.15, 0.2) is 0 Å². The first-order chi connectivity index (χ1) is 10.6. The molecule has 112 valence electrons. The molecule has 0 saturated heterocycles. The van der Waals surface area contributed by atoms with Gasteiger partial charge in [-0.15, -0.1) is 0 Å². The largest absolute Gasteiger partial charge is 0.356 e. The van der Waals surface area contributed by atoms with Gasteiger partial charge in [0.2, 0.25) is 0 Å². The van der Waals surface area contributed by atoms with Gasteiger partial charge < -0.3 is 14.9 Å². The number of H-pyrrole nitrogens is 1. The molecular weight excluding hydrogens is 300 g/mol. The lowest BCUT2D eigenvalue weighted by molar-refractivity contribution is 0.0936. The van der Waals surface area contributed by atoms with Crippen molar-refractivity contribution in [2.75, 3.05) is 0 Å². The van der Waals surface area contributed by atoms with Crippen molar-refractivity contribution in [3.8, 4) is 0 Å². The Kier molecular flexibility index (Phi) is 3.98. The van der Waals surface area contributed by atoms with Crippen LogP contribution in [0.2, 0.25) is 5.02 Å². The molecular formula is C16H15ClN4O. The van der Waals surface area contributed by atoms with Crippen molar-refractivity contribution in [1.29, 1.82) is 0 Å². The minimum absolute atomic E-state index is 0.233. The molecule has 22 heavy (non-hydrogen) atoms. The molecule has 2 heterocycles. The van der Waals surface area contributed by atoms with E-state index in [0.29, 0.717) is 10.7 Å². The number of amides is 1. The summed E-state index contributed by atoms with van der Waals surface area (Å²) >= 11 is 5.86. The van der Waals surface area contributed by atoms with Crippen molar-refractivity contribution in [2.24, 2.45) is 7.05 Å². The fraction of sp³-hybridized carbons (Fsp3) is 0.125. The normalized spacial score (nSPS) is 12.1. The molecule has 3 rings (SSSR count). The van der Waals surface area contributed by atoms with Crippen LogP contribution in [0.5, 0.6) is 0 Å². The number of benzene rings is 1. The number of hydrogen-bond donors (Lipinski definition) is 2. The van der Waals surface area contributed by atoms with Crippen LogP contribution in [0, 0.1) is 0 Å². The lowest BCUT2D eigenvalue weighted by Crippen LogP contribution is -2.31. The maximum Gasteiger partial charge on any atom is 0.268 e. The number of carbonyl (C=O) groups excluding carboxylic acids is 1. The summed E-state index contributed by atoms with van der Waals surface area (Å²) in [5, 5.41) is 3.49. The predicted molar refractivity (Wildman–Crippen MR) is 84.8 cm³/mol. The summed E-state index contributed by atoms with van der Waals surface area (Å²) < 4.78 is 1.89. The highest BCUT2D eigenvalue weighted by molar-refractivity contribution is 6.30. The van der Waals surface area contributed by atoms with Crippen LogP contribution in [0.4, 0.5) is 0 Å². The zero-order valence-electron chi connectivity index (χ0n) is 12.0. The van der Waals surface area contributed by atoms with E-state index in [1.54, 1.807) is 18.5 Å². The summed E-state index contributed by atoms with van der Waals surface area (Å²) in [6, 6.07) is 11.0. The van der Waals surface area contributed by atoms with Crippen LogP contribution in [0.1, 0.15) is 27.9 Å². The minimum Gasteiger partial charge on any atom is -0.356 e. The van der Waals surface area contributed by atoms with Crippen molar-refractivity contribution < 1.29 is 4.79 Å². The van der Waals surface area contributed by atoms with Crippen molar-refractivity contribution in [2.45, 2.75) is 6.04 Å². The highest BCUT2D eigenvalue weighted by Gasteiger charge is 2.21. The Morgan fingerprint density at radius 2 is 2.14 bits per heavy atom. The van der Waals surface area contributed by atoms with Crippen LogP contribution in [0.15, 0.2) is 55.0 Å². The zero-order valence-corrected chi connectivity index (χ0v) is 12.7. The number of halogens is 1. The third-order valence-corrected chi connectivity index (χ3v) is 3.64. The molecule has 3 aromatic rings. The van der Waals surface area contributed by atoms with E-state index < -0.39 is 0 Å². The van der Waals surface area contributed by atoms with Crippen LogP contribution < -0.4 is 5.32 Å². The molecule has 0 bridgehead atoms. The molecule has 6 heteroatoms. The second-order valence-corrected chi connectivity index (χ2v) is 5.38. The van der Waals surface area contributed by atoms with Gasteiger partial charge in [-0.1, -0.05) is 41.9 Å². The van der Waals surface area contributed by atoms with Crippen molar-refractivity contribution in [1.82, 2.24) is 19.9 Å². The summed E-state index contributed by atoms with van der Waals surface area (Å²) in [7, 11) is 1.90. The Morgan fingerprint density at radius 3 is 2.73 bits per heavy atom. The number of nitrogens with zero attached hydrogens (tertiary/aromatic N) is 2. The number of hydrogen-bond acceptors (Lipinski definition) is 2. The van der Waals surface area contributed by atoms with E-state index in [9.17, 15) is 4.79 Å². The molecule has 0 unspecified atom stereocenters. The van der Waals surface area contributed by atoms with E-state index in [1.807, 2.05) is 48.1 Å². The van der Waals surface area contributed by atoms with Crippen molar-refractivity contribution in [3.05, 3.63) is 77.1 Å². The lowest BCUT2D eigenvalue weighted by Gasteiger charge is -2.18. The van der Waals surface area contributed by atoms with Gasteiger partial charge in [-0.25, -0.2) is 4.98 Å². The highest BCUT2D eigenvalue weighted by atomic mass is 35.5. The summed E-state index contributed by atoms with van der Waals surface area (Å²) in [4.78, 5) is 19.6. The standard InChI is InChI=1S/C16H15ClN4O/c1-21-8-7-18-15(21)14(11-5-3-2-4-6-11)20-16(22)13-9-12(17)10-19-13/h2-10,14,19H,1H3,(H,20,22)/t14-/m1/s1. The molecule has 5 nitrogen and oxygen atoms in total. The van der Waals surface area contributed by atoms with Gasteiger partial charge in [0.25, 0.3) is 5.91 Å². The van der Waals surface area contributed by atoms with Crippen LogP contribution in [0.3, 0.4) is 0 Å². The highest BCUT2D eigenvalue weighted by Crippen LogP contribution is 2.21. The zero-order chi connectivity index (χ0) is 15.5. The van der Waals surface area contributed by atoms with Crippen LogP contribution >= 0.6 is 11.6 Å². The Morgan fingerprint density at radius 1 is 1.36 bits per heavy atom. The van der Waals surface area contributed by atoms with Crippen molar-refractivity contribution >= 4 is 17.5 Å². The van der Waals surface area contributed by atoms with Gasteiger partial charge in [-0.05, 0) is 11.6 Å². The molecule has 0 fully saturated rings. The molecule has 2 N–H and O–H groups in total. The Balaban J connectivity index is 1.93. The predicted octanol–water partition coefficient (Wildman–Crippen LogP) is 2.92. The third kappa shape index (κ3) is 2.89. The molecule has 0 radical (unpaired) electrons. The second kappa shape index (κ2) is 6.07. The van der Waals surface area contributed by atoms with Crippen LogP contribution in [0.25, 0.3) is 0 Å². The first kappa shape index (κ1) is 14.4. The molecule has 1 amide bonds. The molecule has 0 aliphatic rings. The van der Waals surface area contributed by atoms with Gasteiger partial charge in [-0.2, -0.15) is 0 Å². The molecule has 0 spiro atoms. The van der Waals surface area contributed by atoms with Gasteiger partial charge in [0.1, 0.15) is 17.6 Å². The van der Waals surface area contributed by atoms with E-state index in [4.69, 9.17) is 11.6 Å². The molecule has 0 aliphatic heterocycles. The average Bonchev–Trinajstić information content (AvgIpc) is 3.14. The van der Waals surface area contributed by atoms with Crippen molar-refractivity contribution in [3.63, 3.8) is 0 Å². The number of aromatic nitrogens is 3. The summed E-state index contributed by atoms with van der Waals surface area (Å²) in [6.07, 6.45) is 5.14. The molecule has 1 aromatic carbocycles. The first-order valence-corrected chi connectivity index (χ1v) is 7.20. The van der Waals surface area contributed by atoms with E-state index >= 15 is 0 Å². The summed E-state index contributed by atoms with van der Waals surface area (Å²) in [5.41, 5.74) is 1.38. The smallest absolute Gasteiger partial charge is 0.268 e. The van der Waals surface area contributed by atoms with E-state index in [2.05, 4.69) is 15.3 Å². The van der Waals surface area contributed by atoms with E-state index in [-0.39, 0.29) is 11.9 Å². The number of aryl methyl sites for hydroxylation is 1. The van der Waals surface area contributed by atoms with E-state index in [1.165, 1.54) is 0 Å². The summed E-state index contributed by atoms with van der Waals surface area (Å²) in [6.45, 7) is 0. The number of rotatable bonds is 4. The minimum atomic E-state index is -0.337. The SMILES string of the molecule is Cn1ccnc1[C@H](NC(=O)c1cc(Cl)c[nH]1)c1ccccc1. The Labute approximate surface area is 133 Å². The maximum absolute atomic E-state index is 12.4. The maximum atomic E-state index is 12.4. The lowest BCUT2D eigenvalue weighted by atomic mass is 10.1. The first-order valence-electron chi connectivity index (χ1n) is 6.82. The molecule has 1 atom stereocenters. The van der Waals surface area contributed by atoms with Gasteiger partial charge in [0.05, 0.1) is 5.02 Å². The topological polar surface area (TPSA) is 62.7 Å². The monoisotopic (exact) mass is 314 g/mol. The Bertz CT molecular complexity index is 778. The van der Waals surface area contributed by atoms with Gasteiger partial charge in [-0.3, -0.25) is 4.79 Å². The molecule has 0 aliphatic carbocycles. The second-order valence-electron chi connectivity index (χ2n) is 4.95. The van der Waals surface area contributed by atoms with Gasteiger partial charge in [0, 0.05) is 25.6 Å². The Hall–Kier alpha value is -2.53. The molecule has 0 saturated carbocycles. The third-order valence-electron chi connectivity index (χ3n) is 3.42. The number of carbonyl (C=O) groups is 1. The van der Waals surface area contributed by atoms with E-state index in [0.717, 1.165) is 11.4 Å². The van der Waals surface area contributed by atoms with Crippen LogP contribution in [-0.2, 0) is 7.05 Å². The molecule has 2 aromatic heterocycles. The summed E-state index contributed by atoms with van der Waals surface area (Å²) in [5.74, 6) is 0.529. The number of nitrogens with one attached hydrogen (secondary N) is 2. The fourth-order valence-corrected chi connectivity index (χ4v) is 2.47. The number of imidazole rings is 1.